The molecule has 0 unspecified atom stereocenters. The van der Waals surface area contributed by atoms with Crippen molar-refractivity contribution >= 4 is 22.6 Å². The predicted molar refractivity (Wildman–Crippen MR) is 84.8 cm³/mol. The first-order chi connectivity index (χ1) is 10.3. The van der Waals surface area contributed by atoms with Gasteiger partial charge < -0.3 is 9.30 Å². The number of aromatic nitrogens is 2. The molecule has 2 fully saturated rings. The van der Waals surface area contributed by atoms with Crippen LogP contribution in [0.25, 0.3) is 11.0 Å². The normalized spacial score (nSPS) is 18.6. The fourth-order valence-corrected chi connectivity index (χ4v) is 3.74. The van der Waals surface area contributed by atoms with Gasteiger partial charge in [-0.05, 0) is 55.6 Å². The highest BCUT2D eigenvalue weighted by Crippen LogP contribution is 2.50. The van der Waals surface area contributed by atoms with Crippen LogP contribution in [-0.2, 0) is 12.4 Å². The first-order valence-corrected chi connectivity index (χ1v) is 8.42. The van der Waals surface area contributed by atoms with Crippen LogP contribution in [0.5, 0.6) is 5.75 Å². The number of imidazole rings is 1. The Morgan fingerprint density at radius 3 is 2.57 bits per heavy atom. The minimum atomic E-state index is 0.471. The SMILES string of the molecule is COc1ccc2c(c1)nc(CCl)n2CC(C1CC1)C1CC1. The summed E-state index contributed by atoms with van der Waals surface area (Å²) in [7, 11) is 1.69. The molecule has 112 valence electrons. The van der Waals surface area contributed by atoms with E-state index in [4.69, 9.17) is 21.3 Å². The van der Waals surface area contributed by atoms with Gasteiger partial charge in [0.1, 0.15) is 11.6 Å². The third-order valence-electron chi connectivity index (χ3n) is 5.00. The predicted octanol–water partition coefficient (Wildman–Crippen LogP) is 4.22. The van der Waals surface area contributed by atoms with Gasteiger partial charge >= 0.3 is 0 Å². The Labute approximate surface area is 130 Å². The Kier molecular flexibility index (Phi) is 3.33. The summed E-state index contributed by atoms with van der Waals surface area (Å²) in [5.74, 6) is 5.03. The van der Waals surface area contributed by atoms with Gasteiger partial charge in [-0.15, -0.1) is 11.6 Å². The number of nitrogens with zero attached hydrogens (tertiary/aromatic N) is 2. The maximum absolute atomic E-state index is 6.14. The number of hydrogen-bond acceptors (Lipinski definition) is 2. The maximum Gasteiger partial charge on any atom is 0.124 e. The molecule has 2 saturated carbocycles. The van der Waals surface area contributed by atoms with E-state index in [2.05, 4.69) is 10.6 Å². The lowest BCUT2D eigenvalue weighted by atomic mass is 9.98. The van der Waals surface area contributed by atoms with E-state index in [1.54, 1.807) is 7.11 Å². The number of benzene rings is 1. The first-order valence-electron chi connectivity index (χ1n) is 7.89. The number of rotatable bonds is 6. The third kappa shape index (κ3) is 2.52. The average molecular weight is 305 g/mol. The molecule has 1 aromatic heterocycles. The standard InChI is InChI=1S/C17H21ClN2O/c1-21-13-6-7-16-15(8-13)19-17(9-18)20(16)10-14(11-2-3-11)12-4-5-12/h6-8,11-12,14H,2-5,9-10H2,1H3. The second-order valence-corrected chi connectivity index (χ2v) is 6.73. The van der Waals surface area contributed by atoms with Crippen molar-refractivity contribution in [1.29, 1.82) is 0 Å². The Balaban J connectivity index is 1.71. The van der Waals surface area contributed by atoms with Crippen molar-refractivity contribution < 1.29 is 4.74 Å². The van der Waals surface area contributed by atoms with Crippen molar-refractivity contribution in [3.8, 4) is 5.75 Å². The zero-order valence-electron chi connectivity index (χ0n) is 12.4. The summed E-state index contributed by atoms with van der Waals surface area (Å²) in [6.45, 7) is 1.08. The second kappa shape index (κ2) is 5.20. The highest BCUT2D eigenvalue weighted by atomic mass is 35.5. The van der Waals surface area contributed by atoms with E-state index < -0.39 is 0 Å². The largest absolute Gasteiger partial charge is 0.497 e. The second-order valence-electron chi connectivity index (χ2n) is 6.47. The molecule has 2 aromatic rings. The number of ether oxygens (including phenoxy) is 1. The summed E-state index contributed by atoms with van der Waals surface area (Å²) in [5, 5.41) is 0. The van der Waals surface area contributed by atoms with E-state index in [9.17, 15) is 0 Å². The van der Waals surface area contributed by atoms with Crippen LogP contribution in [0.4, 0.5) is 0 Å². The maximum atomic E-state index is 6.14. The molecule has 0 bridgehead atoms. The highest BCUT2D eigenvalue weighted by Gasteiger charge is 2.41. The van der Waals surface area contributed by atoms with Gasteiger partial charge in [-0.2, -0.15) is 0 Å². The van der Waals surface area contributed by atoms with E-state index in [0.29, 0.717) is 5.88 Å². The van der Waals surface area contributed by atoms with E-state index in [1.807, 2.05) is 12.1 Å². The minimum Gasteiger partial charge on any atom is -0.497 e. The van der Waals surface area contributed by atoms with Crippen LogP contribution < -0.4 is 4.74 Å². The van der Waals surface area contributed by atoms with Crippen molar-refractivity contribution in [3.63, 3.8) is 0 Å². The van der Waals surface area contributed by atoms with Crippen LogP contribution >= 0.6 is 11.6 Å². The molecule has 2 aliphatic rings. The van der Waals surface area contributed by atoms with Gasteiger partial charge in [0.2, 0.25) is 0 Å². The molecule has 3 nitrogen and oxygen atoms in total. The van der Waals surface area contributed by atoms with Crippen LogP contribution in [0.2, 0.25) is 0 Å². The lowest BCUT2D eigenvalue weighted by molar-refractivity contribution is 0.350. The topological polar surface area (TPSA) is 27.1 Å². The van der Waals surface area contributed by atoms with Gasteiger partial charge in [-0.25, -0.2) is 4.98 Å². The number of methoxy groups -OCH3 is 1. The fourth-order valence-electron chi connectivity index (χ4n) is 3.53. The molecule has 0 amide bonds. The third-order valence-corrected chi connectivity index (χ3v) is 5.24. The molecular weight excluding hydrogens is 284 g/mol. The molecule has 0 N–H and O–H groups in total. The Morgan fingerprint density at radius 1 is 1.29 bits per heavy atom. The number of hydrogen-bond donors (Lipinski definition) is 0. The Bertz CT molecular complexity index is 646. The van der Waals surface area contributed by atoms with E-state index in [-0.39, 0.29) is 0 Å². The number of fused-ring (bicyclic) bond motifs is 1. The zero-order valence-corrected chi connectivity index (χ0v) is 13.1. The molecule has 0 aliphatic heterocycles. The molecule has 0 spiro atoms. The molecule has 21 heavy (non-hydrogen) atoms. The summed E-state index contributed by atoms with van der Waals surface area (Å²) in [5.41, 5.74) is 2.19. The molecule has 4 rings (SSSR count). The molecule has 4 heteroatoms. The van der Waals surface area contributed by atoms with Gasteiger partial charge in [-0.1, -0.05) is 0 Å². The van der Waals surface area contributed by atoms with Gasteiger partial charge in [0, 0.05) is 12.6 Å². The number of alkyl halides is 1. The van der Waals surface area contributed by atoms with Crippen molar-refractivity contribution in [3.05, 3.63) is 24.0 Å². The Hall–Kier alpha value is -1.22. The molecule has 2 aliphatic carbocycles. The van der Waals surface area contributed by atoms with E-state index in [0.717, 1.165) is 41.4 Å². The van der Waals surface area contributed by atoms with Crippen molar-refractivity contribution in [2.24, 2.45) is 17.8 Å². The summed E-state index contributed by atoms with van der Waals surface area (Å²) in [4.78, 5) is 4.70. The molecule has 1 heterocycles. The summed E-state index contributed by atoms with van der Waals surface area (Å²) < 4.78 is 7.65. The average Bonchev–Trinajstić information content (AvgIpc) is 3.41. The zero-order chi connectivity index (χ0) is 14.4. The lowest BCUT2D eigenvalue weighted by Crippen LogP contribution is -2.16. The minimum absolute atomic E-state index is 0.471. The number of halogens is 1. The molecule has 0 saturated heterocycles. The van der Waals surface area contributed by atoms with Crippen LogP contribution in [0.1, 0.15) is 31.5 Å². The smallest absolute Gasteiger partial charge is 0.124 e. The van der Waals surface area contributed by atoms with Gasteiger partial charge in [0.15, 0.2) is 0 Å². The molecule has 1 aromatic carbocycles. The monoisotopic (exact) mass is 304 g/mol. The quantitative estimate of drug-likeness (QED) is 0.747. The molecule has 0 atom stereocenters. The van der Waals surface area contributed by atoms with Crippen LogP contribution in [0.3, 0.4) is 0 Å². The van der Waals surface area contributed by atoms with Crippen LogP contribution in [0.15, 0.2) is 18.2 Å². The summed E-state index contributed by atoms with van der Waals surface area (Å²) in [6, 6.07) is 6.14. The highest BCUT2D eigenvalue weighted by molar-refractivity contribution is 6.16. The van der Waals surface area contributed by atoms with Gasteiger partial charge in [0.05, 0.1) is 24.0 Å². The van der Waals surface area contributed by atoms with Crippen molar-refractivity contribution in [2.75, 3.05) is 7.11 Å². The van der Waals surface area contributed by atoms with E-state index in [1.165, 1.54) is 31.2 Å². The van der Waals surface area contributed by atoms with Crippen LogP contribution in [-0.4, -0.2) is 16.7 Å². The summed E-state index contributed by atoms with van der Waals surface area (Å²) in [6.07, 6.45) is 5.66. The molecular formula is C17H21ClN2O. The molecule has 0 radical (unpaired) electrons. The van der Waals surface area contributed by atoms with Crippen molar-refractivity contribution in [1.82, 2.24) is 9.55 Å². The van der Waals surface area contributed by atoms with Gasteiger partial charge in [-0.3, -0.25) is 0 Å². The summed E-state index contributed by atoms with van der Waals surface area (Å²) >= 11 is 6.14. The Morgan fingerprint density at radius 2 is 2.00 bits per heavy atom. The van der Waals surface area contributed by atoms with Crippen molar-refractivity contribution in [2.45, 2.75) is 38.1 Å². The van der Waals surface area contributed by atoms with Crippen LogP contribution in [0, 0.1) is 17.8 Å². The van der Waals surface area contributed by atoms with Gasteiger partial charge in [0.25, 0.3) is 0 Å². The fraction of sp³-hybridized carbons (Fsp3) is 0.588. The lowest BCUT2D eigenvalue weighted by Gasteiger charge is -2.18. The first kappa shape index (κ1) is 13.4. The van der Waals surface area contributed by atoms with E-state index >= 15 is 0 Å².